The third-order valence-corrected chi connectivity index (χ3v) is 4.76. The number of hydrogen-bond acceptors (Lipinski definition) is 3. The van der Waals surface area contributed by atoms with Crippen molar-refractivity contribution in [3.05, 3.63) is 0 Å². The third kappa shape index (κ3) is 2.97. The minimum Gasteiger partial charge on any atom is -0.479 e. The second kappa shape index (κ2) is 6.57. The van der Waals surface area contributed by atoms with Crippen molar-refractivity contribution in [1.82, 2.24) is 4.90 Å². The van der Waals surface area contributed by atoms with E-state index in [-0.39, 0.29) is 12.5 Å². The number of hydrogen-bond donors (Lipinski definition) is 1. The van der Waals surface area contributed by atoms with Gasteiger partial charge in [0.25, 0.3) is 0 Å². The lowest BCUT2D eigenvalue weighted by atomic mass is 9.86. The summed E-state index contributed by atoms with van der Waals surface area (Å²) in [6, 6.07) is 0. The molecule has 20 heavy (non-hydrogen) atoms. The van der Waals surface area contributed by atoms with E-state index < -0.39 is 11.5 Å². The van der Waals surface area contributed by atoms with Crippen molar-refractivity contribution < 1.29 is 19.4 Å². The van der Waals surface area contributed by atoms with Gasteiger partial charge >= 0.3 is 5.97 Å². The number of likely N-dealkylation sites (tertiary alicyclic amines) is 1. The molecule has 2 fully saturated rings. The largest absolute Gasteiger partial charge is 0.479 e. The molecule has 1 aliphatic carbocycles. The summed E-state index contributed by atoms with van der Waals surface area (Å²) in [5.41, 5.74) is -1.14. The van der Waals surface area contributed by atoms with Gasteiger partial charge in [0.1, 0.15) is 0 Å². The summed E-state index contributed by atoms with van der Waals surface area (Å²) in [4.78, 5) is 25.7. The van der Waals surface area contributed by atoms with Crippen LogP contribution in [0, 0.1) is 5.92 Å². The first-order valence-corrected chi connectivity index (χ1v) is 7.63. The van der Waals surface area contributed by atoms with Crippen molar-refractivity contribution >= 4 is 11.9 Å². The minimum absolute atomic E-state index is 0.00569. The molecule has 1 unspecified atom stereocenters. The molecule has 1 saturated carbocycles. The van der Waals surface area contributed by atoms with Crippen molar-refractivity contribution in [1.29, 1.82) is 0 Å². The van der Waals surface area contributed by atoms with E-state index in [0.29, 0.717) is 25.3 Å². The molecular formula is C15H25NO4. The highest BCUT2D eigenvalue weighted by atomic mass is 16.5. The number of rotatable bonds is 5. The van der Waals surface area contributed by atoms with Gasteiger partial charge in [-0.25, -0.2) is 4.79 Å². The van der Waals surface area contributed by atoms with Crippen LogP contribution < -0.4 is 0 Å². The summed E-state index contributed by atoms with van der Waals surface area (Å²) in [6.07, 6.45) is 7.59. The van der Waals surface area contributed by atoms with E-state index in [1.54, 1.807) is 4.90 Å². The smallest absolute Gasteiger partial charge is 0.332 e. The number of methoxy groups -OCH3 is 1. The molecule has 2 aliphatic rings. The first-order valence-electron chi connectivity index (χ1n) is 7.63. The standard InChI is InChI=1S/C15H25NO4/c1-20-11-15(14(18)19)8-5-9-16(15)13(17)10-12-6-3-2-4-7-12/h12H,2-11H2,1H3,(H,18,19). The Morgan fingerprint density at radius 1 is 1.25 bits per heavy atom. The summed E-state index contributed by atoms with van der Waals surface area (Å²) >= 11 is 0. The molecule has 114 valence electrons. The van der Waals surface area contributed by atoms with Crippen LogP contribution in [0.25, 0.3) is 0 Å². The monoisotopic (exact) mass is 283 g/mol. The third-order valence-electron chi connectivity index (χ3n) is 4.76. The van der Waals surface area contributed by atoms with Gasteiger partial charge < -0.3 is 14.7 Å². The first-order chi connectivity index (χ1) is 9.60. The number of carboxylic acids is 1. The zero-order valence-corrected chi connectivity index (χ0v) is 12.3. The van der Waals surface area contributed by atoms with Crippen LogP contribution in [0.3, 0.4) is 0 Å². The Balaban J connectivity index is 2.04. The zero-order valence-electron chi connectivity index (χ0n) is 12.3. The lowest BCUT2D eigenvalue weighted by Crippen LogP contribution is -2.56. The van der Waals surface area contributed by atoms with Gasteiger partial charge in [0.2, 0.25) is 5.91 Å². The van der Waals surface area contributed by atoms with Crippen LogP contribution in [0.2, 0.25) is 0 Å². The lowest BCUT2D eigenvalue weighted by molar-refractivity contribution is -0.160. The van der Waals surface area contributed by atoms with Gasteiger partial charge in [-0.3, -0.25) is 4.79 Å². The average Bonchev–Trinajstić information content (AvgIpc) is 2.85. The molecule has 1 heterocycles. The van der Waals surface area contributed by atoms with Gasteiger partial charge in [0.05, 0.1) is 6.61 Å². The maximum Gasteiger partial charge on any atom is 0.332 e. The highest BCUT2D eigenvalue weighted by Gasteiger charge is 2.50. The highest BCUT2D eigenvalue weighted by Crippen LogP contribution is 2.33. The van der Waals surface area contributed by atoms with Gasteiger partial charge in [-0.2, -0.15) is 0 Å². The Bertz CT molecular complexity index is 365. The predicted octanol–water partition coefficient (Wildman–Crippen LogP) is 2.05. The van der Waals surface area contributed by atoms with Crippen molar-refractivity contribution in [2.45, 2.75) is 56.9 Å². The maximum atomic E-state index is 12.5. The minimum atomic E-state index is -1.14. The molecule has 0 radical (unpaired) electrons. The van der Waals surface area contributed by atoms with Gasteiger partial charge in [0.15, 0.2) is 5.54 Å². The fourth-order valence-electron chi connectivity index (χ4n) is 3.66. The lowest BCUT2D eigenvalue weighted by Gasteiger charge is -2.35. The van der Waals surface area contributed by atoms with Gasteiger partial charge in [-0.05, 0) is 31.6 Å². The Morgan fingerprint density at radius 2 is 1.95 bits per heavy atom. The van der Waals surface area contributed by atoms with E-state index in [9.17, 15) is 14.7 Å². The van der Waals surface area contributed by atoms with Crippen molar-refractivity contribution in [2.75, 3.05) is 20.3 Å². The number of amides is 1. The molecule has 0 aromatic rings. The number of carbonyl (C=O) groups excluding carboxylic acids is 1. The topological polar surface area (TPSA) is 66.8 Å². The molecule has 0 spiro atoms. The number of aliphatic carboxylic acids is 1. The van der Waals surface area contributed by atoms with Crippen molar-refractivity contribution in [3.63, 3.8) is 0 Å². The molecule has 0 bridgehead atoms. The van der Waals surface area contributed by atoms with Crippen LogP contribution in [0.15, 0.2) is 0 Å². The maximum absolute atomic E-state index is 12.5. The van der Waals surface area contributed by atoms with Crippen LogP contribution in [-0.2, 0) is 14.3 Å². The van der Waals surface area contributed by atoms with Crippen LogP contribution in [-0.4, -0.2) is 47.7 Å². The van der Waals surface area contributed by atoms with Gasteiger partial charge in [-0.1, -0.05) is 19.3 Å². The normalized spacial score (nSPS) is 27.8. The van der Waals surface area contributed by atoms with Crippen molar-refractivity contribution in [2.24, 2.45) is 5.92 Å². The summed E-state index contributed by atoms with van der Waals surface area (Å²) in [6.45, 7) is 0.625. The SMILES string of the molecule is COCC1(C(=O)O)CCCN1C(=O)CC1CCCCC1. The summed E-state index contributed by atoms with van der Waals surface area (Å²) in [5.74, 6) is -0.506. The fourth-order valence-corrected chi connectivity index (χ4v) is 3.66. The molecule has 5 nitrogen and oxygen atoms in total. The molecule has 1 aliphatic heterocycles. The van der Waals surface area contributed by atoms with Crippen LogP contribution in [0.4, 0.5) is 0 Å². The average molecular weight is 283 g/mol. The van der Waals surface area contributed by atoms with E-state index in [1.165, 1.54) is 26.4 Å². The highest BCUT2D eigenvalue weighted by molar-refractivity contribution is 5.88. The van der Waals surface area contributed by atoms with Crippen molar-refractivity contribution in [3.8, 4) is 0 Å². The number of carbonyl (C=O) groups is 2. The van der Waals surface area contributed by atoms with E-state index >= 15 is 0 Å². The second-order valence-corrected chi connectivity index (χ2v) is 6.13. The van der Waals surface area contributed by atoms with E-state index in [2.05, 4.69) is 0 Å². The predicted molar refractivity (Wildman–Crippen MR) is 74.4 cm³/mol. The molecule has 1 atom stereocenters. The van der Waals surface area contributed by atoms with Gasteiger partial charge in [-0.15, -0.1) is 0 Å². The molecule has 1 N–H and O–H groups in total. The molecule has 1 saturated heterocycles. The summed E-state index contributed by atoms with van der Waals surface area (Å²) in [5, 5.41) is 9.55. The zero-order chi connectivity index (χ0) is 14.6. The van der Waals surface area contributed by atoms with Crippen LogP contribution in [0.5, 0.6) is 0 Å². The second-order valence-electron chi connectivity index (χ2n) is 6.13. The van der Waals surface area contributed by atoms with E-state index in [1.807, 2.05) is 0 Å². The number of ether oxygens (including phenoxy) is 1. The molecule has 1 amide bonds. The Kier molecular flexibility index (Phi) is 5.02. The molecule has 0 aromatic heterocycles. The van der Waals surface area contributed by atoms with Crippen LogP contribution in [0.1, 0.15) is 51.4 Å². The van der Waals surface area contributed by atoms with E-state index in [0.717, 1.165) is 19.3 Å². The van der Waals surface area contributed by atoms with E-state index in [4.69, 9.17) is 4.74 Å². The quantitative estimate of drug-likeness (QED) is 0.838. The number of nitrogens with zero attached hydrogens (tertiary/aromatic N) is 1. The Hall–Kier alpha value is -1.10. The Labute approximate surface area is 120 Å². The molecular weight excluding hydrogens is 258 g/mol. The molecule has 5 heteroatoms. The van der Waals surface area contributed by atoms with Gasteiger partial charge in [0, 0.05) is 20.1 Å². The van der Waals surface area contributed by atoms with Crippen LogP contribution >= 0.6 is 0 Å². The number of carboxylic acid groups (broad SMARTS) is 1. The summed E-state index contributed by atoms with van der Waals surface area (Å²) < 4.78 is 5.09. The summed E-state index contributed by atoms with van der Waals surface area (Å²) in [7, 11) is 1.49. The molecule has 2 rings (SSSR count). The molecule has 0 aromatic carbocycles. The Morgan fingerprint density at radius 3 is 2.55 bits per heavy atom. The fraction of sp³-hybridized carbons (Fsp3) is 0.867. The first kappa shape index (κ1) is 15.3.